The summed E-state index contributed by atoms with van der Waals surface area (Å²) < 4.78 is 5.67. The maximum absolute atomic E-state index is 12.5. The van der Waals surface area contributed by atoms with Gasteiger partial charge >= 0.3 is 0 Å². The number of amides is 1. The first kappa shape index (κ1) is 12.5. The summed E-state index contributed by atoms with van der Waals surface area (Å²) in [5.74, 6) is 0.122. The number of nitrogens with zero attached hydrogens (tertiary/aromatic N) is 1. The fourth-order valence-electron chi connectivity index (χ4n) is 2.96. The zero-order valence-electron chi connectivity index (χ0n) is 11.5. The largest absolute Gasteiger partial charge is 0.384 e. The molecule has 19 heavy (non-hydrogen) atoms. The molecule has 1 saturated heterocycles. The first-order valence-electron chi connectivity index (χ1n) is 6.95. The second-order valence-electron chi connectivity index (χ2n) is 5.52. The molecule has 1 fully saturated rings. The smallest absolute Gasteiger partial charge is 0.254 e. The van der Waals surface area contributed by atoms with Gasteiger partial charge in [-0.3, -0.25) is 4.79 Å². The maximum atomic E-state index is 12.5. The Morgan fingerprint density at radius 3 is 2.79 bits per heavy atom. The monoisotopic (exact) mass is 260 g/mol. The molecule has 4 heteroatoms. The molecule has 1 amide bonds. The van der Waals surface area contributed by atoms with Gasteiger partial charge in [0.1, 0.15) is 0 Å². The van der Waals surface area contributed by atoms with Gasteiger partial charge in [0.15, 0.2) is 0 Å². The van der Waals surface area contributed by atoms with Crippen LogP contribution in [0.3, 0.4) is 0 Å². The summed E-state index contributed by atoms with van der Waals surface area (Å²) in [7, 11) is 0. The lowest BCUT2D eigenvalue weighted by Crippen LogP contribution is -2.48. The van der Waals surface area contributed by atoms with E-state index in [1.54, 1.807) is 0 Å². The van der Waals surface area contributed by atoms with Crippen molar-refractivity contribution in [2.75, 3.05) is 25.0 Å². The highest BCUT2D eigenvalue weighted by Crippen LogP contribution is 2.24. The third-order valence-electron chi connectivity index (χ3n) is 3.77. The van der Waals surface area contributed by atoms with Gasteiger partial charge in [0.05, 0.1) is 12.2 Å². The van der Waals surface area contributed by atoms with Crippen LogP contribution in [0.5, 0.6) is 0 Å². The molecule has 0 aliphatic carbocycles. The second kappa shape index (κ2) is 4.85. The minimum Gasteiger partial charge on any atom is -0.384 e. The molecule has 1 aromatic rings. The van der Waals surface area contributed by atoms with E-state index in [1.807, 2.05) is 36.9 Å². The summed E-state index contributed by atoms with van der Waals surface area (Å²) in [6.07, 6.45) is 1.24. The van der Waals surface area contributed by atoms with Crippen molar-refractivity contribution in [1.82, 2.24) is 4.90 Å². The Bertz CT molecular complexity index is 491. The summed E-state index contributed by atoms with van der Waals surface area (Å²) in [6.45, 7) is 6.36. The molecule has 2 aliphatic heterocycles. The van der Waals surface area contributed by atoms with E-state index in [9.17, 15) is 4.79 Å². The number of fused-ring (bicyclic) bond motifs is 1. The van der Waals surface area contributed by atoms with Crippen LogP contribution in [0.1, 0.15) is 29.8 Å². The van der Waals surface area contributed by atoms with Crippen LogP contribution in [0.2, 0.25) is 0 Å². The van der Waals surface area contributed by atoms with Gasteiger partial charge in [0.2, 0.25) is 0 Å². The summed E-state index contributed by atoms with van der Waals surface area (Å²) in [5.41, 5.74) is 3.21. The van der Waals surface area contributed by atoms with Crippen molar-refractivity contribution in [1.29, 1.82) is 0 Å². The van der Waals surface area contributed by atoms with Crippen LogP contribution in [0.15, 0.2) is 18.2 Å². The molecule has 0 spiro atoms. The lowest BCUT2D eigenvalue weighted by molar-refractivity contribution is -0.0586. The minimum absolute atomic E-state index is 0.115. The molecule has 3 rings (SSSR count). The number of hydrogen-bond acceptors (Lipinski definition) is 3. The van der Waals surface area contributed by atoms with E-state index < -0.39 is 0 Å². The molecular formula is C15H20N2O2. The van der Waals surface area contributed by atoms with Crippen LogP contribution in [-0.4, -0.2) is 42.6 Å². The van der Waals surface area contributed by atoms with E-state index in [4.69, 9.17) is 4.74 Å². The number of carbonyl (C=O) groups is 1. The van der Waals surface area contributed by atoms with Gasteiger partial charge in [-0.25, -0.2) is 0 Å². The third kappa shape index (κ3) is 2.45. The van der Waals surface area contributed by atoms with Gasteiger partial charge in [-0.05, 0) is 44.0 Å². The lowest BCUT2D eigenvalue weighted by atomic mass is 10.1. The van der Waals surface area contributed by atoms with Crippen LogP contribution in [0, 0.1) is 0 Å². The Hall–Kier alpha value is -1.55. The van der Waals surface area contributed by atoms with Gasteiger partial charge < -0.3 is 15.0 Å². The molecule has 0 saturated carbocycles. The Kier molecular flexibility index (Phi) is 3.19. The minimum atomic E-state index is 0.115. The average Bonchev–Trinajstić information content (AvgIpc) is 2.83. The highest BCUT2D eigenvalue weighted by Gasteiger charge is 2.27. The van der Waals surface area contributed by atoms with Gasteiger partial charge in [0.25, 0.3) is 5.91 Å². The van der Waals surface area contributed by atoms with Crippen LogP contribution in [0.4, 0.5) is 5.69 Å². The Morgan fingerprint density at radius 1 is 1.32 bits per heavy atom. The van der Waals surface area contributed by atoms with E-state index >= 15 is 0 Å². The molecule has 4 nitrogen and oxygen atoms in total. The SMILES string of the molecule is C[C@@H]1CN(C(=O)c2ccc3c(c2)CCN3)C[C@H](C)O1. The Labute approximate surface area is 113 Å². The van der Waals surface area contributed by atoms with Gasteiger partial charge in [0, 0.05) is 30.9 Å². The molecule has 1 N–H and O–H groups in total. The molecule has 1 aromatic carbocycles. The predicted molar refractivity (Wildman–Crippen MR) is 74.5 cm³/mol. The Morgan fingerprint density at radius 2 is 2.05 bits per heavy atom. The van der Waals surface area contributed by atoms with Crippen LogP contribution in [-0.2, 0) is 11.2 Å². The van der Waals surface area contributed by atoms with E-state index in [1.165, 1.54) is 11.3 Å². The van der Waals surface area contributed by atoms with Crippen LogP contribution >= 0.6 is 0 Å². The maximum Gasteiger partial charge on any atom is 0.254 e. The summed E-state index contributed by atoms with van der Waals surface area (Å²) in [6, 6.07) is 5.97. The molecule has 2 atom stereocenters. The number of ether oxygens (including phenoxy) is 1. The zero-order valence-corrected chi connectivity index (χ0v) is 11.5. The molecule has 102 valence electrons. The van der Waals surface area contributed by atoms with Crippen molar-refractivity contribution in [3.63, 3.8) is 0 Å². The molecule has 0 aromatic heterocycles. The van der Waals surface area contributed by atoms with Gasteiger partial charge in [-0.2, -0.15) is 0 Å². The number of nitrogens with one attached hydrogen (secondary N) is 1. The summed E-state index contributed by atoms with van der Waals surface area (Å²) in [4.78, 5) is 14.4. The summed E-state index contributed by atoms with van der Waals surface area (Å²) in [5, 5.41) is 3.31. The van der Waals surface area contributed by atoms with Crippen LogP contribution in [0.25, 0.3) is 0 Å². The van der Waals surface area contributed by atoms with Gasteiger partial charge in [-0.1, -0.05) is 0 Å². The fourth-order valence-corrected chi connectivity index (χ4v) is 2.96. The van der Waals surface area contributed by atoms with E-state index in [2.05, 4.69) is 5.32 Å². The molecule has 2 heterocycles. The third-order valence-corrected chi connectivity index (χ3v) is 3.77. The predicted octanol–water partition coefficient (Wildman–Crippen LogP) is 1.90. The first-order valence-corrected chi connectivity index (χ1v) is 6.95. The normalized spacial score (nSPS) is 25.9. The zero-order chi connectivity index (χ0) is 13.4. The van der Waals surface area contributed by atoms with Gasteiger partial charge in [-0.15, -0.1) is 0 Å². The highest BCUT2D eigenvalue weighted by atomic mass is 16.5. The summed E-state index contributed by atoms with van der Waals surface area (Å²) >= 11 is 0. The average molecular weight is 260 g/mol. The second-order valence-corrected chi connectivity index (χ2v) is 5.52. The number of rotatable bonds is 1. The van der Waals surface area contributed by atoms with Crippen molar-refractivity contribution >= 4 is 11.6 Å². The lowest BCUT2D eigenvalue weighted by Gasteiger charge is -2.35. The van der Waals surface area contributed by atoms with E-state index in [0.29, 0.717) is 13.1 Å². The highest BCUT2D eigenvalue weighted by molar-refractivity contribution is 5.95. The van der Waals surface area contributed by atoms with Crippen molar-refractivity contribution in [3.8, 4) is 0 Å². The van der Waals surface area contributed by atoms with Crippen molar-refractivity contribution in [3.05, 3.63) is 29.3 Å². The molecular weight excluding hydrogens is 240 g/mol. The van der Waals surface area contributed by atoms with E-state index in [-0.39, 0.29) is 18.1 Å². The van der Waals surface area contributed by atoms with E-state index in [0.717, 1.165) is 18.5 Å². The fraction of sp³-hybridized carbons (Fsp3) is 0.533. The topological polar surface area (TPSA) is 41.6 Å². The molecule has 0 unspecified atom stereocenters. The number of hydrogen-bond donors (Lipinski definition) is 1. The quantitative estimate of drug-likeness (QED) is 0.838. The molecule has 2 aliphatic rings. The first-order chi connectivity index (χ1) is 9.13. The molecule has 0 bridgehead atoms. The number of benzene rings is 1. The van der Waals surface area contributed by atoms with Crippen molar-refractivity contribution < 1.29 is 9.53 Å². The number of morpholine rings is 1. The Balaban J connectivity index is 1.80. The molecule has 0 radical (unpaired) electrons. The van der Waals surface area contributed by atoms with Crippen molar-refractivity contribution in [2.24, 2.45) is 0 Å². The van der Waals surface area contributed by atoms with Crippen molar-refractivity contribution in [2.45, 2.75) is 32.5 Å². The number of anilines is 1. The van der Waals surface area contributed by atoms with Crippen LogP contribution < -0.4 is 5.32 Å². The number of carbonyl (C=O) groups excluding carboxylic acids is 1. The standard InChI is InChI=1S/C15H20N2O2/c1-10-8-17(9-11(2)19-10)15(18)13-3-4-14-12(7-13)5-6-16-14/h3-4,7,10-11,16H,5-6,8-9H2,1-2H3/t10-,11+.